The maximum absolute atomic E-state index is 12.9. The number of allylic oxidation sites excluding steroid dienone is 4. The van der Waals surface area contributed by atoms with Crippen molar-refractivity contribution in [2.24, 2.45) is 5.41 Å². The molecule has 0 amide bonds. The molecule has 1 aliphatic heterocycles. The molecule has 2 N–H and O–H groups in total. The lowest BCUT2D eigenvalue weighted by atomic mass is 9.69. The van der Waals surface area contributed by atoms with Gasteiger partial charge >= 0.3 is 0 Å². The van der Waals surface area contributed by atoms with Crippen LogP contribution < -0.4 is 10.1 Å². The van der Waals surface area contributed by atoms with Crippen molar-refractivity contribution in [1.82, 2.24) is 5.32 Å². The number of dihydropyridines is 1. The molecule has 5 nitrogen and oxygen atoms in total. The summed E-state index contributed by atoms with van der Waals surface area (Å²) in [5.41, 5.74) is 3.41. The molecule has 0 saturated carbocycles. The fraction of sp³-hybridized carbons (Fsp3) is 0.400. The van der Waals surface area contributed by atoms with Crippen LogP contribution in [-0.4, -0.2) is 18.0 Å². The molecule has 0 saturated heterocycles. The first-order valence-corrected chi connectivity index (χ1v) is 8.28. The molecule has 1 aliphatic carbocycles. The molecule has 1 aromatic carbocycles. The van der Waals surface area contributed by atoms with Crippen LogP contribution in [0.2, 0.25) is 0 Å². The number of ether oxygens (including phenoxy) is 1. The zero-order chi connectivity index (χ0) is 18.4. The third-order valence-corrected chi connectivity index (χ3v) is 4.90. The van der Waals surface area contributed by atoms with E-state index in [2.05, 4.69) is 25.2 Å². The normalized spacial score (nSPS) is 22.2. The highest BCUT2D eigenvalue weighted by Gasteiger charge is 2.41. The highest BCUT2D eigenvalue weighted by Crippen LogP contribution is 2.47. The molecular weight excluding hydrogens is 316 g/mol. The van der Waals surface area contributed by atoms with Gasteiger partial charge in [0.15, 0.2) is 17.3 Å². The zero-order valence-corrected chi connectivity index (χ0v) is 14.9. The van der Waals surface area contributed by atoms with E-state index in [0.29, 0.717) is 23.3 Å². The molecule has 3 rings (SSSR count). The van der Waals surface area contributed by atoms with Crippen LogP contribution in [0.5, 0.6) is 11.5 Å². The molecule has 0 radical (unpaired) electrons. The number of carbonyl (C=O) groups excluding carboxylic acids is 1. The number of aromatic hydroxyl groups is 1. The van der Waals surface area contributed by atoms with Crippen molar-refractivity contribution >= 4 is 5.78 Å². The van der Waals surface area contributed by atoms with Crippen LogP contribution >= 0.6 is 0 Å². The maximum atomic E-state index is 12.9. The van der Waals surface area contributed by atoms with Gasteiger partial charge in [0.1, 0.15) is 0 Å². The minimum atomic E-state index is -0.457. The number of nitrogens with one attached hydrogen (secondary N) is 1. The number of carbonyl (C=O) groups is 1. The van der Waals surface area contributed by atoms with E-state index in [4.69, 9.17) is 4.74 Å². The van der Waals surface area contributed by atoms with Gasteiger partial charge in [0.05, 0.1) is 24.7 Å². The Morgan fingerprint density at radius 1 is 1.36 bits per heavy atom. The van der Waals surface area contributed by atoms with Gasteiger partial charge in [-0.2, -0.15) is 5.26 Å². The van der Waals surface area contributed by atoms with Crippen LogP contribution in [0.15, 0.2) is 40.7 Å². The summed E-state index contributed by atoms with van der Waals surface area (Å²) >= 11 is 0. The number of phenols is 1. The lowest BCUT2D eigenvalue weighted by molar-refractivity contribution is -0.118. The molecule has 1 heterocycles. The SMILES string of the molecule is COc1ccc(C2C(C#N)=C(C)NC3=C2C(=O)CC(C)(C)C3)cc1O. The van der Waals surface area contributed by atoms with E-state index in [9.17, 15) is 15.2 Å². The molecule has 2 aliphatic rings. The number of rotatable bonds is 2. The van der Waals surface area contributed by atoms with Crippen LogP contribution in [0.3, 0.4) is 0 Å². The third-order valence-electron chi connectivity index (χ3n) is 4.90. The Bertz CT molecular complexity index is 856. The average molecular weight is 338 g/mol. The number of hydrogen-bond donors (Lipinski definition) is 2. The number of benzene rings is 1. The lowest BCUT2D eigenvalue weighted by Crippen LogP contribution is -2.36. The fourth-order valence-corrected chi connectivity index (χ4v) is 3.80. The molecule has 1 unspecified atom stereocenters. The number of hydrogen-bond acceptors (Lipinski definition) is 5. The first-order valence-electron chi connectivity index (χ1n) is 8.28. The van der Waals surface area contributed by atoms with Crippen molar-refractivity contribution < 1.29 is 14.6 Å². The van der Waals surface area contributed by atoms with Gasteiger partial charge in [0, 0.05) is 23.4 Å². The molecule has 0 bridgehead atoms. The Hall–Kier alpha value is -2.74. The highest BCUT2D eigenvalue weighted by atomic mass is 16.5. The topological polar surface area (TPSA) is 82.3 Å². The number of Topliss-reactive ketones (excluding diaryl/α,β-unsaturated/α-hetero) is 1. The number of nitrogens with zero attached hydrogens (tertiary/aromatic N) is 1. The Labute approximate surface area is 147 Å². The molecule has 0 spiro atoms. The first-order chi connectivity index (χ1) is 11.8. The molecular formula is C20H22N2O3. The van der Waals surface area contributed by atoms with Crippen LogP contribution in [0.4, 0.5) is 0 Å². The molecule has 130 valence electrons. The Morgan fingerprint density at radius 2 is 2.08 bits per heavy atom. The minimum absolute atomic E-state index is 0.000728. The Morgan fingerprint density at radius 3 is 2.68 bits per heavy atom. The van der Waals surface area contributed by atoms with E-state index < -0.39 is 5.92 Å². The van der Waals surface area contributed by atoms with E-state index >= 15 is 0 Å². The van der Waals surface area contributed by atoms with Crippen LogP contribution in [0, 0.1) is 16.7 Å². The predicted octanol–water partition coefficient (Wildman–Crippen LogP) is 3.53. The Balaban J connectivity index is 2.18. The summed E-state index contributed by atoms with van der Waals surface area (Å²) in [7, 11) is 1.48. The summed E-state index contributed by atoms with van der Waals surface area (Å²) in [6.45, 7) is 6.00. The molecule has 0 aromatic heterocycles. The van der Waals surface area contributed by atoms with Crippen molar-refractivity contribution in [1.29, 1.82) is 5.26 Å². The number of phenolic OH excluding ortho intramolecular Hbond substituents is 1. The van der Waals surface area contributed by atoms with Gasteiger partial charge in [-0.05, 0) is 36.5 Å². The standard InChI is InChI=1S/C20H22N2O3/c1-11-13(10-21)18(12-5-6-17(25-4)15(23)7-12)19-14(22-11)8-20(2,3)9-16(19)24/h5-7,18,22-23H,8-9H2,1-4H3. The van der Waals surface area contributed by atoms with E-state index in [-0.39, 0.29) is 16.9 Å². The van der Waals surface area contributed by atoms with Crippen molar-refractivity contribution in [2.45, 2.75) is 39.5 Å². The molecule has 1 atom stereocenters. The van der Waals surface area contributed by atoms with Gasteiger partial charge in [0.25, 0.3) is 0 Å². The monoisotopic (exact) mass is 338 g/mol. The second-order valence-electron chi connectivity index (χ2n) is 7.47. The van der Waals surface area contributed by atoms with E-state index in [1.165, 1.54) is 7.11 Å². The van der Waals surface area contributed by atoms with Crippen molar-refractivity contribution in [2.75, 3.05) is 7.11 Å². The summed E-state index contributed by atoms with van der Waals surface area (Å²) in [6.07, 6.45) is 1.20. The van der Waals surface area contributed by atoms with Gasteiger partial charge in [-0.1, -0.05) is 19.9 Å². The second-order valence-corrected chi connectivity index (χ2v) is 7.47. The van der Waals surface area contributed by atoms with Crippen LogP contribution in [-0.2, 0) is 4.79 Å². The summed E-state index contributed by atoms with van der Waals surface area (Å²) in [6, 6.07) is 7.29. The average Bonchev–Trinajstić information content (AvgIpc) is 2.52. The summed E-state index contributed by atoms with van der Waals surface area (Å²) < 4.78 is 5.10. The van der Waals surface area contributed by atoms with Crippen molar-refractivity contribution in [3.63, 3.8) is 0 Å². The van der Waals surface area contributed by atoms with Gasteiger partial charge < -0.3 is 15.2 Å². The van der Waals surface area contributed by atoms with Gasteiger partial charge in [-0.3, -0.25) is 4.79 Å². The van der Waals surface area contributed by atoms with Gasteiger partial charge in [-0.25, -0.2) is 0 Å². The number of methoxy groups -OCH3 is 1. The van der Waals surface area contributed by atoms with Crippen LogP contribution in [0.1, 0.15) is 45.1 Å². The summed E-state index contributed by atoms with van der Waals surface area (Å²) in [5.74, 6) is -0.0395. The molecule has 0 fully saturated rings. The maximum Gasteiger partial charge on any atom is 0.162 e. The molecule has 5 heteroatoms. The zero-order valence-electron chi connectivity index (χ0n) is 14.9. The second kappa shape index (κ2) is 5.96. The quantitative estimate of drug-likeness (QED) is 0.862. The smallest absolute Gasteiger partial charge is 0.162 e. The van der Waals surface area contributed by atoms with E-state index in [1.54, 1.807) is 18.2 Å². The van der Waals surface area contributed by atoms with Crippen molar-refractivity contribution in [3.8, 4) is 17.6 Å². The third kappa shape index (κ3) is 2.89. The van der Waals surface area contributed by atoms with Crippen LogP contribution in [0.25, 0.3) is 0 Å². The number of nitriles is 1. The summed E-state index contributed by atoms with van der Waals surface area (Å²) in [5, 5.41) is 23.1. The van der Waals surface area contributed by atoms with Gasteiger partial charge in [0.2, 0.25) is 0 Å². The van der Waals surface area contributed by atoms with Crippen molar-refractivity contribution in [3.05, 3.63) is 46.3 Å². The highest BCUT2D eigenvalue weighted by molar-refractivity contribution is 6.00. The first kappa shape index (κ1) is 17.1. The summed E-state index contributed by atoms with van der Waals surface area (Å²) in [4.78, 5) is 12.9. The number of ketones is 1. The predicted molar refractivity (Wildman–Crippen MR) is 93.9 cm³/mol. The fourth-order valence-electron chi connectivity index (χ4n) is 3.80. The lowest BCUT2D eigenvalue weighted by Gasteiger charge is -2.38. The Kier molecular flexibility index (Phi) is 4.08. The minimum Gasteiger partial charge on any atom is -0.504 e. The van der Waals surface area contributed by atoms with Gasteiger partial charge in [-0.15, -0.1) is 0 Å². The van der Waals surface area contributed by atoms with E-state index in [0.717, 1.165) is 23.4 Å². The largest absolute Gasteiger partial charge is 0.504 e. The molecule has 1 aromatic rings. The molecule has 25 heavy (non-hydrogen) atoms. The van der Waals surface area contributed by atoms with E-state index in [1.807, 2.05) is 6.92 Å².